The van der Waals surface area contributed by atoms with E-state index in [1.807, 2.05) is 6.82 Å². The smallest absolute Gasteiger partial charge is 0.320 e. The maximum Gasteiger partial charge on any atom is 0.320 e. The van der Waals surface area contributed by atoms with Gasteiger partial charge in [0.15, 0.2) is 0 Å². The third-order valence-electron chi connectivity index (χ3n) is 4.99. The summed E-state index contributed by atoms with van der Waals surface area (Å²) in [6.45, 7) is 10.8. The minimum Gasteiger partial charge on any atom is -0.447 e. The molecule has 0 aliphatic heterocycles. The summed E-state index contributed by atoms with van der Waals surface area (Å²) in [5, 5.41) is 9.80. The van der Waals surface area contributed by atoms with E-state index in [1.165, 1.54) is 24.0 Å². The Morgan fingerprint density at radius 1 is 1.17 bits per heavy atom. The van der Waals surface area contributed by atoms with E-state index in [9.17, 15) is 5.02 Å². The van der Waals surface area contributed by atoms with Gasteiger partial charge in [0.2, 0.25) is 0 Å². The maximum atomic E-state index is 9.80. The lowest BCUT2D eigenvalue weighted by atomic mass is 9.60. The van der Waals surface area contributed by atoms with Crippen molar-refractivity contribution in [2.24, 2.45) is 11.8 Å². The molecule has 98 valence electrons. The molecule has 0 spiro atoms. The highest BCUT2D eigenvalue weighted by atomic mass is 16.2. The van der Waals surface area contributed by atoms with Gasteiger partial charge in [0.1, 0.15) is 0 Å². The lowest BCUT2D eigenvalue weighted by molar-refractivity contribution is 0.218. The van der Waals surface area contributed by atoms with E-state index in [4.69, 9.17) is 0 Å². The highest BCUT2D eigenvalue weighted by Crippen LogP contribution is 2.48. The molecule has 0 aromatic heterocycles. The normalized spacial score (nSPS) is 17.3. The summed E-state index contributed by atoms with van der Waals surface area (Å²) in [6.07, 6.45) is 2.44. The van der Waals surface area contributed by atoms with Gasteiger partial charge in [-0.05, 0) is 41.3 Å². The molecular formula is C16H25BO. The summed E-state index contributed by atoms with van der Waals surface area (Å²) in [5.74, 6) is 1.28. The van der Waals surface area contributed by atoms with Crippen molar-refractivity contribution >= 4 is 12.4 Å². The Labute approximate surface area is 112 Å². The molecule has 0 atom stereocenters. The number of aryl methyl sites for hydroxylation is 1. The molecule has 18 heavy (non-hydrogen) atoms. The molecule has 1 nitrogen and oxygen atoms in total. The van der Waals surface area contributed by atoms with Crippen molar-refractivity contribution in [3.63, 3.8) is 0 Å². The fraction of sp³-hybridized carbons (Fsp3) is 0.625. The van der Waals surface area contributed by atoms with Gasteiger partial charge in [-0.1, -0.05) is 52.7 Å². The van der Waals surface area contributed by atoms with Gasteiger partial charge in [-0.3, -0.25) is 0 Å². The molecule has 1 N–H and O–H groups in total. The second kappa shape index (κ2) is 4.73. The fourth-order valence-corrected chi connectivity index (χ4v) is 3.85. The highest BCUT2D eigenvalue weighted by molar-refractivity contribution is 6.64. The molecule has 1 aliphatic rings. The maximum absolute atomic E-state index is 9.80. The molecule has 2 heteroatoms. The molecule has 0 amide bonds. The van der Waals surface area contributed by atoms with Crippen LogP contribution in [0.25, 0.3) is 0 Å². The molecule has 0 saturated heterocycles. The number of hydrogen-bond acceptors (Lipinski definition) is 1. The first-order valence-corrected chi connectivity index (χ1v) is 7.21. The Hall–Kier alpha value is -0.755. The average Bonchev–Trinajstić information content (AvgIpc) is 2.67. The predicted octanol–water partition coefficient (Wildman–Crippen LogP) is 3.00. The van der Waals surface area contributed by atoms with Crippen molar-refractivity contribution in [3.8, 4) is 0 Å². The quantitative estimate of drug-likeness (QED) is 0.810. The lowest BCUT2D eigenvalue weighted by Crippen LogP contribution is -2.37. The predicted molar refractivity (Wildman–Crippen MR) is 79.6 cm³/mol. The first-order chi connectivity index (χ1) is 8.39. The standard InChI is InChI=1S/C16H25BO/c1-11(2)16(12(3)4)9-8-13-6-7-14(17(5)18)10-15(13)16/h6-7,10-12,18H,8-9H2,1-5H3. The van der Waals surface area contributed by atoms with Crippen LogP contribution in [0.3, 0.4) is 0 Å². The van der Waals surface area contributed by atoms with Crippen molar-refractivity contribution in [3.05, 3.63) is 29.3 Å². The van der Waals surface area contributed by atoms with Crippen LogP contribution >= 0.6 is 0 Å². The third kappa shape index (κ3) is 1.91. The van der Waals surface area contributed by atoms with Crippen molar-refractivity contribution in [2.45, 2.75) is 52.8 Å². The first-order valence-electron chi connectivity index (χ1n) is 7.21. The molecule has 0 saturated carbocycles. The fourth-order valence-electron chi connectivity index (χ4n) is 3.85. The number of fused-ring (bicyclic) bond motifs is 1. The van der Waals surface area contributed by atoms with Crippen LogP contribution in [0.4, 0.5) is 0 Å². The van der Waals surface area contributed by atoms with Crippen LogP contribution in [-0.4, -0.2) is 11.9 Å². The highest BCUT2D eigenvalue weighted by Gasteiger charge is 2.43. The first kappa shape index (κ1) is 13.7. The van der Waals surface area contributed by atoms with Gasteiger partial charge in [-0.15, -0.1) is 0 Å². The number of rotatable bonds is 3. The van der Waals surface area contributed by atoms with E-state index >= 15 is 0 Å². The Kier molecular flexibility index (Phi) is 3.59. The van der Waals surface area contributed by atoms with Crippen molar-refractivity contribution in [2.75, 3.05) is 0 Å². The summed E-state index contributed by atoms with van der Waals surface area (Å²) in [6, 6.07) is 6.57. The number of hydrogen-bond donors (Lipinski definition) is 1. The van der Waals surface area contributed by atoms with Gasteiger partial charge in [0.25, 0.3) is 0 Å². The second-order valence-electron chi connectivity index (χ2n) is 6.44. The summed E-state index contributed by atoms with van der Waals surface area (Å²) < 4.78 is 0. The van der Waals surface area contributed by atoms with Crippen LogP contribution in [-0.2, 0) is 11.8 Å². The minimum absolute atomic E-state index is 0.292. The average molecular weight is 244 g/mol. The molecule has 0 bridgehead atoms. The SMILES string of the molecule is CB(O)c1ccc2c(c1)C(C(C)C)(C(C)C)CC2. The molecule has 0 heterocycles. The number of benzene rings is 1. The van der Waals surface area contributed by atoms with Crippen molar-refractivity contribution < 1.29 is 5.02 Å². The van der Waals surface area contributed by atoms with Crippen LogP contribution in [0.5, 0.6) is 0 Å². The second-order valence-corrected chi connectivity index (χ2v) is 6.44. The molecular weight excluding hydrogens is 219 g/mol. The van der Waals surface area contributed by atoms with Crippen LogP contribution in [0.2, 0.25) is 6.82 Å². The Morgan fingerprint density at radius 3 is 2.28 bits per heavy atom. The van der Waals surface area contributed by atoms with E-state index in [-0.39, 0.29) is 6.92 Å². The molecule has 1 aliphatic carbocycles. The lowest BCUT2D eigenvalue weighted by Gasteiger charge is -2.39. The van der Waals surface area contributed by atoms with Gasteiger partial charge in [0, 0.05) is 5.41 Å². The summed E-state index contributed by atoms with van der Waals surface area (Å²) >= 11 is 0. The third-order valence-corrected chi connectivity index (χ3v) is 4.99. The molecule has 1 aromatic carbocycles. The van der Waals surface area contributed by atoms with Gasteiger partial charge in [-0.25, -0.2) is 0 Å². The Morgan fingerprint density at radius 2 is 1.78 bits per heavy atom. The zero-order chi connectivity index (χ0) is 13.5. The van der Waals surface area contributed by atoms with E-state index in [0.717, 1.165) is 5.46 Å². The summed E-state index contributed by atoms with van der Waals surface area (Å²) in [4.78, 5) is 0. The molecule has 0 fully saturated rings. The van der Waals surface area contributed by atoms with Crippen LogP contribution in [0, 0.1) is 11.8 Å². The van der Waals surface area contributed by atoms with E-state index in [0.29, 0.717) is 17.3 Å². The van der Waals surface area contributed by atoms with E-state index < -0.39 is 0 Å². The van der Waals surface area contributed by atoms with Crippen molar-refractivity contribution in [1.29, 1.82) is 0 Å². The zero-order valence-corrected chi connectivity index (χ0v) is 12.3. The Bertz CT molecular complexity index is 427. The van der Waals surface area contributed by atoms with Gasteiger partial charge in [0.05, 0.1) is 0 Å². The molecule has 0 radical (unpaired) electrons. The molecule has 1 aromatic rings. The van der Waals surface area contributed by atoms with Gasteiger partial charge >= 0.3 is 6.92 Å². The van der Waals surface area contributed by atoms with Gasteiger partial charge < -0.3 is 5.02 Å². The van der Waals surface area contributed by atoms with Crippen LogP contribution < -0.4 is 5.46 Å². The largest absolute Gasteiger partial charge is 0.447 e. The minimum atomic E-state index is -0.368. The van der Waals surface area contributed by atoms with Crippen LogP contribution in [0.15, 0.2) is 18.2 Å². The topological polar surface area (TPSA) is 20.2 Å². The monoisotopic (exact) mass is 244 g/mol. The Balaban J connectivity index is 2.56. The van der Waals surface area contributed by atoms with E-state index in [2.05, 4.69) is 45.9 Å². The zero-order valence-electron chi connectivity index (χ0n) is 12.3. The van der Waals surface area contributed by atoms with E-state index in [1.54, 1.807) is 0 Å². The summed E-state index contributed by atoms with van der Waals surface area (Å²) in [5.41, 5.74) is 4.33. The summed E-state index contributed by atoms with van der Waals surface area (Å²) in [7, 11) is 0. The molecule has 2 rings (SSSR count). The van der Waals surface area contributed by atoms with Crippen LogP contribution in [0.1, 0.15) is 45.2 Å². The van der Waals surface area contributed by atoms with Crippen molar-refractivity contribution in [1.82, 2.24) is 0 Å². The molecule has 0 unspecified atom stereocenters. The van der Waals surface area contributed by atoms with Gasteiger partial charge in [-0.2, -0.15) is 0 Å².